The second-order valence-corrected chi connectivity index (χ2v) is 7.72. The molecule has 0 unspecified atom stereocenters. The van der Waals surface area contributed by atoms with E-state index in [-0.39, 0.29) is 18.9 Å². The Morgan fingerprint density at radius 2 is 1.73 bits per heavy atom. The molecule has 0 bridgehead atoms. The van der Waals surface area contributed by atoms with Crippen molar-refractivity contribution in [2.45, 2.75) is 18.9 Å². The minimum absolute atomic E-state index is 0.178. The van der Waals surface area contributed by atoms with Gasteiger partial charge in [-0.25, -0.2) is 4.79 Å². The van der Waals surface area contributed by atoms with Gasteiger partial charge in [-0.15, -0.1) is 0 Å². The summed E-state index contributed by atoms with van der Waals surface area (Å²) in [5, 5.41) is 13.4. The van der Waals surface area contributed by atoms with E-state index in [9.17, 15) is 14.7 Å². The zero-order chi connectivity index (χ0) is 23.2. The third kappa shape index (κ3) is 5.13. The third-order valence-electron chi connectivity index (χ3n) is 5.57. The van der Waals surface area contributed by atoms with Crippen molar-refractivity contribution in [1.29, 1.82) is 0 Å². The van der Waals surface area contributed by atoms with E-state index in [0.717, 1.165) is 27.6 Å². The summed E-state index contributed by atoms with van der Waals surface area (Å²) in [6.45, 7) is -0.186. The summed E-state index contributed by atoms with van der Waals surface area (Å²) in [6.07, 6.45) is 0.633. The molecule has 3 aromatic carbocycles. The van der Waals surface area contributed by atoms with Gasteiger partial charge in [-0.2, -0.15) is 0 Å². The van der Waals surface area contributed by atoms with Crippen molar-refractivity contribution in [3.8, 4) is 16.9 Å². The molecule has 2 N–H and O–H groups in total. The van der Waals surface area contributed by atoms with E-state index in [1.165, 1.54) is 6.07 Å². The number of ether oxygens (including phenoxy) is 1. The molecule has 1 atom stereocenters. The number of methoxy groups -OCH3 is 1. The number of aryl methyl sites for hydroxylation is 1. The number of hydrogen-bond acceptors (Lipinski definition) is 5. The Kier molecular flexibility index (Phi) is 6.86. The first kappa shape index (κ1) is 22.3. The molecule has 0 aliphatic carbocycles. The van der Waals surface area contributed by atoms with Gasteiger partial charge in [0.25, 0.3) is 0 Å². The fraction of sp³-hybridized carbons (Fsp3) is 0.185. The van der Waals surface area contributed by atoms with E-state index in [1.54, 1.807) is 13.2 Å². The average Bonchev–Trinajstić information content (AvgIpc) is 2.86. The standard InChI is InChI=1S/C27H25NO5/c1-32-24-16-25-22(21(15-27(31)33-25)18-8-4-2-5-9-18)14-20(24)12-13-26(30)28-23(17-29)19-10-6-3-7-11-19/h2-11,14-16,23,29H,12-13,17H2,1H3,(H,28,30)/t23-/m0/s1. The van der Waals surface area contributed by atoms with Gasteiger partial charge in [0.15, 0.2) is 0 Å². The molecule has 6 heteroatoms. The first-order valence-corrected chi connectivity index (χ1v) is 10.7. The topological polar surface area (TPSA) is 88.8 Å². The summed E-state index contributed by atoms with van der Waals surface area (Å²) in [5.74, 6) is 0.369. The lowest BCUT2D eigenvalue weighted by Crippen LogP contribution is -2.30. The highest BCUT2D eigenvalue weighted by molar-refractivity contribution is 5.94. The van der Waals surface area contributed by atoms with E-state index in [1.807, 2.05) is 66.7 Å². The van der Waals surface area contributed by atoms with Crippen molar-refractivity contribution in [2.75, 3.05) is 13.7 Å². The number of amides is 1. The number of carbonyl (C=O) groups excluding carboxylic acids is 1. The highest BCUT2D eigenvalue weighted by Crippen LogP contribution is 2.33. The zero-order valence-corrected chi connectivity index (χ0v) is 18.3. The molecule has 1 heterocycles. The minimum Gasteiger partial charge on any atom is -0.496 e. The molecule has 0 saturated heterocycles. The molecule has 0 aliphatic rings. The van der Waals surface area contributed by atoms with E-state index in [4.69, 9.17) is 9.15 Å². The molecule has 1 aromatic heterocycles. The van der Waals surface area contributed by atoms with E-state index >= 15 is 0 Å². The lowest BCUT2D eigenvalue weighted by Gasteiger charge is -2.17. The van der Waals surface area contributed by atoms with Crippen LogP contribution in [0.2, 0.25) is 0 Å². The number of aliphatic hydroxyl groups excluding tert-OH is 1. The fourth-order valence-corrected chi connectivity index (χ4v) is 3.91. The average molecular weight is 443 g/mol. The van der Waals surface area contributed by atoms with Crippen LogP contribution in [0.4, 0.5) is 0 Å². The summed E-state index contributed by atoms with van der Waals surface area (Å²) in [7, 11) is 1.54. The monoisotopic (exact) mass is 443 g/mol. The van der Waals surface area contributed by atoms with Crippen molar-refractivity contribution in [1.82, 2.24) is 5.32 Å². The molecule has 4 rings (SSSR count). The van der Waals surface area contributed by atoms with Crippen molar-refractivity contribution >= 4 is 16.9 Å². The number of aliphatic hydroxyl groups is 1. The third-order valence-corrected chi connectivity index (χ3v) is 5.57. The number of rotatable bonds is 8. The van der Waals surface area contributed by atoms with Crippen molar-refractivity contribution in [3.05, 3.63) is 100 Å². The van der Waals surface area contributed by atoms with Crippen LogP contribution in [-0.2, 0) is 11.2 Å². The summed E-state index contributed by atoms with van der Waals surface area (Å²) in [4.78, 5) is 24.8. The normalized spacial score (nSPS) is 11.8. The summed E-state index contributed by atoms with van der Waals surface area (Å²) in [5.41, 5.74) is 3.32. The largest absolute Gasteiger partial charge is 0.496 e. The van der Waals surface area contributed by atoms with Crippen LogP contribution in [0.3, 0.4) is 0 Å². The molecule has 0 aliphatic heterocycles. The van der Waals surface area contributed by atoms with Crippen LogP contribution in [0.1, 0.15) is 23.6 Å². The smallest absolute Gasteiger partial charge is 0.336 e. The molecule has 33 heavy (non-hydrogen) atoms. The van der Waals surface area contributed by atoms with Gasteiger partial charge in [0.1, 0.15) is 11.3 Å². The molecule has 0 fully saturated rings. The molecular weight excluding hydrogens is 418 g/mol. The van der Waals surface area contributed by atoms with Crippen LogP contribution < -0.4 is 15.7 Å². The second-order valence-electron chi connectivity index (χ2n) is 7.72. The summed E-state index contributed by atoms with van der Waals surface area (Å²) < 4.78 is 10.9. The van der Waals surface area contributed by atoms with Gasteiger partial charge in [0, 0.05) is 23.9 Å². The number of nitrogens with one attached hydrogen (secondary N) is 1. The van der Waals surface area contributed by atoms with Gasteiger partial charge in [-0.05, 0) is 34.7 Å². The molecule has 4 aromatic rings. The Morgan fingerprint density at radius 3 is 2.39 bits per heavy atom. The highest BCUT2D eigenvalue weighted by atomic mass is 16.5. The maximum absolute atomic E-state index is 12.6. The van der Waals surface area contributed by atoms with Crippen LogP contribution in [0, 0.1) is 0 Å². The van der Waals surface area contributed by atoms with E-state index in [0.29, 0.717) is 17.8 Å². The first-order chi connectivity index (χ1) is 16.1. The molecule has 168 valence electrons. The first-order valence-electron chi connectivity index (χ1n) is 10.7. The highest BCUT2D eigenvalue weighted by Gasteiger charge is 2.16. The van der Waals surface area contributed by atoms with Gasteiger partial charge in [0.2, 0.25) is 5.91 Å². The van der Waals surface area contributed by atoms with Gasteiger partial charge < -0.3 is 19.6 Å². The molecule has 6 nitrogen and oxygen atoms in total. The lowest BCUT2D eigenvalue weighted by atomic mass is 9.98. The van der Waals surface area contributed by atoms with Gasteiger partial charge in [-0.1, -0.05) is 60.7 Å². The van der Waals surface area contributed by atoms with E-state index < -0.39 is 11.7 Å². The maximum Gasteiger partial charge on any atom is 0.336 e. The Labute approximate surface area is 191 Å². The summed E-state index contributed by atoms with van der Waals surface area (Å²) >= 11 is 0. The van der Waals surface area contributed by atoms with Crippen LogP contribution in [-0.4, -0.2) is 24.7 Å². The van der Waals surface area contributed by atoms with Gasteiger partial charge >= 0.3 is 5.63 Å². The number of hydrogen-bond donors (Lipinski definition) is 2. The van der Waals surface area contributed by atoms with Crippen LogP contribution in [0.15, 0.2) is 88.1 Å². The Bertz CT molecular complexity index is 1300. The van der Waals surface area contributed by atoms with Crippen LogP contribution >= 0.6 is 0 Å². The van der Waals surface area contributed by atoms with Crippen LogP contribution in [0.25, 0.3) is 22.1 Å². The summed E-state index contributed by atoms with van der Waals surface area (Å²) in [6, 6.07) is 23.6. The molecule has 1 amide bonds. The predicted molar refractivity (Wildman–Crippen MR) is 127 cm³/mol. The Hall–Kier alpha value is -3.90. The van der Waals surface area contributed by atoms with Crippen molar-refractivity contribution in [3.63, 3.8) is 0 Å². The maximum atomic E-state index is 12.6. The van der Waals surface area contributed by atoms with Crippen molar-refractivity contribution in [2.24, 2.45) is 0 Å². The number of fused-ring (bicyclic) bond motifs is 1. The quantitative estimate of drug-likeness (QED) is 0.398. The van der Waals surface area contributed by atoms with Crippen LogP contribution in [0.5, 0.6) is 5.75 Å². The lowest BCUT2D eigenvalue weighted by molar-refractivity contribution is -0.122. The Morgan fingerprint density at radius 1 is 1.03 bits per heavy atom. The van der Waals surface area contributed by atoms with Gasteiger partial charge in [0.05, 0.1) is 19.8 Å². The Balaban J connectivity index is 1.60. The number of benzene rings is 3. The van der Waals surface area contributed by atoms with Gasteiger partial charge in [-0.3, -0.25) is 4.79 Å². The minimum atomic E-state index is -0.462. The molecule has 0 spiro atoms. The predicted octanol–water partition coefficient (Wildman–Crippen LogP) is 4.25. The molecular formula is C27H25NO5. The SMILES string of the molecule is COc1cc2oc(=O)cc(-c3ccccc3)c2cc1CCC(=O)N[C@@H](CO)c1ccccc1. The zero-order valence-electron chi connectivity index (χ0n) is 18.3. The molecule has 0 radical (unpaired) electrons. The second kappa shape index (κ2) is 10.1. The van der Waals surface area contributed by atoms with Crippen molar-refractivity contribution < 1.29 is 19.1 Å². The number of carbonyl (C=O) groups is 1. The molecule has 0 saturated carbocycles. The van der Waals surface area contributed by atoms with E-state index in [2.05, 4.69) is 5.32 Å². The fourth-order valence-electron chi connectivity index (χ4n) is 3.91.